The summed E-state index contributed by atoms with van der Waals surface area (Å²) in [5.41, 5.74) is 3.70. The van der Waals surface area contributed by atoms with Gasteiger partial charge in [-0.15, -0.1) is 0 Å². The van der Waals surface area contributed by atoms with Gasteiger partial charge in [0, 0.05) is 25.8 Å². The number of phenolic OH excluding ortho intramolecular Hbond substituents is 1. The molecule has 2 aromatic rings. The van der Waals surface area contributed by atoms with Crippen molar-refractivity contribution in [2.45, 2.75) is 19.5 Å². The molecule has 0 saturated carbocycles. The Bertz CT molecular complexity index is 539. The second kappa shape index (κ2) is 4.78. The molecule has 3 nitrogen and oxygen atoms in total. The molecule has 0 radical (unpaired) electrons. The monoisotopic (exact) mass is 240 g/mol. The molecule has 0 unspecified atom stereocenters. The number of benzene rings is 1. The fourth-order valence-corrected chi connectivity index (χ4v) is 2.45. The predicted molar refractivity (Wildman–Crippen MR) is 70.2 cm³/mol. The van der Waals surface area contributed by atoms with E-state index in [-0.39, 0.29) is 0 Å². The van der Waals surface area contributed by atoms with E-state index in [1.807, 2.05) is 30.5 Å². The number of aromatic nitrogens is 1. The maximum absolute atomic E-state index is 9.47. The van der Waals surface area contributed by atoms with Crippen molar-refractivity contribution in [1.29, 1.82) is 0 Å². The lowest BCUT2D eigenvalue weighted by Crippen LogP contribution is -2.30. The van der Waals surface area contributed by atoms with Gasteiger partial charge in [0.15, 0.2) is 0 Å². The minimum absolute atomic E-state index is 0.368. The lowest BCUT2D eigenvalue weighted by molar-refractivity contribution is 0.242. The van der Waals surface area contributed by atoms with Crippen molar-refractivity contribution in [1.82, 2.24) is 9.88 Å². The second-order valence-electron chi connectivity index (χ2n) is 4.73. The lowest BCUT2D eigenvalue weighted by atomic mass is 9.99. The largest absolute Gasteiger partial charge is 0.508 e. The van der Waals surface area contributed by atoms with E-state index in [2.05, 4.69) is 16.0 Å². The van der Waals surface area contributed by atoms with E-state index in [4.69, 9.17) is 0 Å². The number of rotatable bonds is 2. The van der Waals surface area contributed by atoms with Crippen LogP contribution in [0.3, 0.4) is 0 Å². The molecule has 92 valence electrons. The van der Waals surface area contributed by atoms with Gasteiger partial charge >= 0.3 is 0 Å². The number of pyridine rings is 1. The van der Waals surface area contributed by atoms with Crippen LogP contribution in [0.2, 0.25) is 0 Å². The van der Waals surface area contributed by atoms with Crippen LogP contribution in [0.5, 0.6) is 5.75 Å². The Hall–Kier alpha value is -1.87. The summed E-state index contributed by atoms with van der Waals surface area (Å²) in [5, 5.41) is 9.47. The molecule has 0 bridgehead atoms. The highest BCUT2D eigenvalue weighted by atomic mass is 16.3. The van der Waals surface area contributed by atoms with Crippen LogP contribution >= 0.6 is 0 Å². The van der Waals surface area contributed by atoms with Crippen molar-refractivity contribution in [2.75, 3.05) is 6.54 Å². The smallest absolute Gasteiger partial charge is 0.115 e. The third kappa shape index (κ3) is 2.36. The SMILES string of the molecule is Oc1ccc2c(c1)CCN(Cc1ccccn1)C2. The first-order valence-electron chi connectivity index (χ1n) is 6.24. The van der Waals surface area contributed by atoms with Crippen LogP contribution < -0.4 is 0 Å². The molecule has 18 heavy (non-hydrogen) atoms. The molecule has 1 aliphatic rings. The van der Waals surface area contributed by atoms with E-state index in [1.165, 1.54) is 11.1 Å². The van der Waals surface area contributed by atoms with E-state index >= 15 is 0 Å². The maximum Gasteiger partial charge on any atom is 0.115 e. The molecule has 1 N–H and O–H groups in total. The van der Waals surface area contributed by atoms with Crippen LogP contribution in [-0.2, 0) is 19.5 Å². The molecule has 3 rings (SSSR count). The number of nitrogens with zero attached hydrogens (tertiary/aromatic N) is 2. The van der Waals surface area contributed by atoms with Crippen molar-refractivity contribution in [3.05, 3.63) is 59.4 Å². The average Bonchev–Trinajstić information content (AvgIpc) is 2.40. The van der Waals surface area contributed by atoms with Crippen molar-refractivity contribution >= 4 is 0 Å². The molecule has 3 heteroatoms. The zero-order valence-corrected chi connectivity index (χ0v) is 10.2. The molecule has 1 aliphatic heterocycles. The number of phenols is 1. The summed E-state index contributed by atoms with van der Waals surface area (Å²) >= 11 is 0. The molecule has 0 fully saturated rings. The Morgan fingerprint density at radius 3 is 2.94 bits per heavy atom. The van der Waals surface area contributed by atoms with E-state index < -0.39 is 0 Å². The molecule has 2 heterocycles. The van der Waals surface area contributed by atoms with Gasteiger partial charge in [-0.05, 0) is 41.8 Å². The van der Waals surface area contributed by atoms with Gasteiger partial charge in [-0.2, -0.15) is 0 Å². The van der Waals surface area contributed by atoms with Crippen LogP contribution in [0.15, 0.2) is 42.6 Å². The van der Waals surface area contributed by atoms with Crippen LogP contribution in [0, 0.1) is 0 Å². The van der Waals surface area contributed by atoms with Gasteiger partial charge in [0.05, 0.1) is 5.69 Å². The first-order valence-corrected chi connectivity index (χ1v) is 6.24. The molecular weight excluding hydrogens is 224 g/mol. The highest BCUT2D eigenvalue weighted by molar-refractivity contribution is 5.36. The van der Waals surface area contributed by atoms with Gasteiger partial charge < -0.3 is 5.11 Å². The van der Waals surface area contributed by atoms with Crippen LogP contribution in [0.1, 0.15) is 16.8 Å². The summed E-state index contributed by atoms with van der Waals surface area (Å²) in [6.45, 7) is 2.85. The summed E-state index contributed by atoms with van der Waals surface area (Å²) < 4.78 is 0. The summed E-state index contributed by atoms with van der Waals surface area (Å²) in [5.74, 6) is 0.368. The van der Waals surface area contributed by atoms with Gasteiger partial charge in [0.1, 0.15) is 5.75 Å². The van der Waals surface area contributed by atoms with E-state index in [1.54, 1.807) is 6.07 Å². The lowest BCUT2D eigenvalue weighted by Gasteiger charge is -2.28. The summed E-state index contributed by atoms with van der Waals surface area (Å²) in [6, 6.07) is 11.7. The molecule has 0 amide bonds. The molecule has 0 spiro atoms. The zero-order valence-electron chi connectivity index (χ0n) is 10.2. The van der Waals surface area contributed by atoms with Crippen LogP contribution in [-0.4, -0.2) is 21.5 Å². The van der Waals surface area contributed by atoms with E-state index in [0.29, 0.717) is 5.75 Å². The van der Waals surface area contributed by atoms with Crippen molar-refractivity contribution < 1.29 is 5.11 Å². The highest BCUT2D eigenvalue weighted by Gasteiger charge is 2.16. The van der Waals surface area contributed by atoms with Gasteiger partial charge in [0.25, 0.3) is 0 Å². The number of hydrogen-bond donors (Lipinski definition) is 1. The molecule has 0 aliphatic carbocycles. The Labute approximate surface area is 107 Å². The summed E-state index contributed by atoms with van der Waals surface area (Å²) in [4.78, 5) is 6.75. The van der Waals surface area contributed by atoms with Gasteiger partial charge in [-0.3, -0.25) is 9.88 Å². The van der Waals surface area contributed by atoms with E-state index in [0.717, 1.165) is 31.7 Å². The van der Waals surface area contributed by atoms with Crippen molar-refractivity contribution in [3.63, 3.8) is 0 Å². The molecular formula is C15H16N2O. The Balaban J connectivity index is 1.73. The average molecular weight is 240 g/mol. The maximum atomic E-state index is 9.47. The topological polar surface area (TPSA) is 36.4 Å². The second-order valence-corrected chi connectivity index (χ2v) is 4.73. The molecule has 1 aromatic carbocycles. The van der Waals surface area contributed by atoms with Gasteiger partial charge in [0.2, 0.25) is 0 Å². The normalized spacial score (nSPS) is 15.3. The number of fused-ring (bicyclic) bond motifs is 1. The first kappa shape index (κ1) is 11.2. The molecule has 0 saturated heterocycles. The Morgan fingerprint density at radius 2 is 2.11 bits per heavy atom. The fourth-order valence-electron chi connectivity index (χ4n) is 2.45. The quantitative estimate of drug-likeness (QED) is 0.875. The third-order valence-corrected chi connectivity index (χ3v) is 3.39. The summed E-state index contributed by atoms with van der Waals surface area (Å²) in [7, 11) is 0. The van der Waals surface area contributed by atoms with Gasteiger partial charge in [-0.25, -0.2) is 0 Å². The molecule has 0 atom stereocenters. The van der Waals surface area contributed by atoms with Crippen molar-refractivity contribution in [2.24, 2.45) is 0 Å². The first-order chi connectivity index (χ1) is 8.81. The van der Waals surface area contributed by atoms with Crippen LogP contribution in [0.4, 0.5) is 0 Å². The fraction of sp³-hybridized carbons (Fsp3) is 0.267. The zero-order chi connectivity index (χ0) is 12.4. The number of hydrogen-bond acceptors (Lipinski definition) is 3. The summed E-state index contributed by atoms with van der Waals surface area (Å²) in [6.07, 6.45) is 2.84. The Kier molecular flexibility index (Phi) is 2.99. The molecule has 1 aromatic heterocycles. The highest BCUT2D eigenvalue weighted by Crippen LogP contribution is 2.23. The third-order valence-electron chi connectivity index (χ3n) is 3.39. The van der Waals surface area contributed by atoms with E-state index in [9.17, 15) is 5.11 Å². The Morgan fingerprint density at radius 1 is 1.17 bits per heavy atom. The van der Waals surface area contributed by atoms with Crippen LogP contribution in [0.25, 0.3) is 0 Å². The van der Waals surface area contributed by atoms with Gasteiger partial charge in [-0.1, -0.05) is 12.1 Å². The standard InChI is InChI=1S/C15H16N2O/c18-15-5-4-13-10-17(8-6-12(13)9-15)11-14-3-1-2-7-16-14/h1-5,7,9,18H,6,8,10-11H2. The minimum atomic E-state index is 0.368. The predicted octanol–water partition coefficient (Wildman–Crippen LogP) is 2.35. The van der Waals surface area contributed by atoms with Crippen molar-refractivity contribution in [3.8, 4) is 5.75 Å². The minimum Gasteiger partial charge on any atom is -0.508 e. The number of aromatic hydroxyl groups is 1.